The maximum Gasteiger partial charge on any atom is 0.259 e. The largest absolute Gasteiger partial charge is 0.295 e. The van der Waals surface area contributed by atoms with Gasteiger partial charge in [0.25, 0.3) is 5.91 Å². The molecule has 1 atom stereocenters. The summed E-state index contributed by atoms with van der Waals surface area (Å²) in [6.45, 7) is 1.71. The van der Waals surface area contributed by atoms with Gasteiger partial charge in [0.15, 0.2) is 0 Å². The number of piperidine rings is 2. The fraction of sp³-hybridized carbons (Fsp3) is 0.360. The second-order valence-corrected chi connectivity index (χ2v) is 9.74. The Labute approximate surface area is 201 Å². The van der Waals surface area contributed by atoms with Crippen molar-refractivity contribution in [3.63, 3.8) is 0 Å². The summed E-state index contributed by atoms with van der Waals surface area (Å²) in [6, 6.07) is 9.37. The number of nitrogens with zero attached hydrogens (tertiary/aromatic N) is 4. The van der Waals surface area contributed by atoms with E-state index in [0.29, 0.717) is 24.4 Å². The second-order valence-electron chi connectivity index (χ2n) is 9.26. The minimum absolute atomic E-state index is 0.189. The third-order valence-electron chi connectivity index (χ3n) is 7.17. The molecule has 8 nitrogen and oxygen atoms in total. The van der Waals surface area contributed by atoms with Crippen molar-refractivity contribution >= 4 is 46.0 Å². The lowest BCUT2D eigenvalue weighted by molar-refractivity contribution is -0.134. The van der Waals surface area contributed by atoms with Crippen LogP contribution in [0.15, 0.2) is 42.7 Å². The van der Waals surface area contributed by atoms with Crippen LogP contribution in [0.1, 0.15) is 53.2 Å². The highest BCUT2D eigenvalue weighted by atomic mass is 35.5. The summed E-state index contributed by atoms with van der Waals surface area (Å²) < 4.78 is 3.88. The highest BCUT2D eigenvalue weighted by Gasteiger charge is 2.40. The number of anilines is 1. The number of carbonyl (C=O) groups is 3. The predicted molar refractivity (Wildman–Crippen MR) is 128 cm³/mol. The van der Waals surface area contributed by atoms with Crippen LogP contribution in [0.3, 0.4) is 0 Å². The highest BCUT2D eigenvalue weighted by Crippen LogP contribution is 2.41. The highest BCUT2D eigenvalue weighted by molar-refractivity contribution is 6.27. The number of hydrogen-bond donors (Lipinski definition) is 1. The van der Waals surface area contributed by atoms with Crippen LogP contribution in [0.5, 0.6) is 0 Å². The first-order valence-electron chi connectivity index (χ1n) is 11.6. The van der Waals surface area contributed by atoms with Gasteiger partial charge in [0.05, 0.1) is 17.9 Å². The summed E-state index contributed by atoms with van der Waals surface area (Å²) in [5, 5.41) is 8.85. The van der Waals surface area contributed by atoms with Gasteiger partial charge in [-0.25, -0.2) is 4.42 Å². The van der Waals surface area contributed by atoms with Crippen LogP contribution in [0.25, 0.3) is 10.8 Å². The Morgan fingerprint density at radius 1 is 1.06 bits per heavy atom. The fourth-order valence-corrected chi connectivity index (χ4v) is 5.64. The molecule has 3 amide bonds. The zero-order valence-electron chi connectivity index (χ0n) is 18.5. The topological polar surface area (TPSA) is 87.5 Å². The van der Waals surface area contributed by atoms with Gasteiger partial charge in [0.1, 0.15) is 6.04 Å². The third-order valence-corrected chi connectivity index (χ3v) is 7.51. The zero-order chi connectivity index (χ0) is 23.4. The van der Waals surface area contributed by atoms with Gasteiger partial charge in [-0.3, -0.25) is 29.3 Å². The Bertz CT molecular complexity index is 1330. The maximum atomic E-state index is 13.3. The Hall–Kier alpha value is -3.23. The Kier molecular flexibility index (Phi) is 5.15. The molecule has 1 N–H and O–H groups in total. The van der Waals surface area contributed by atoms with E-state index < -0.39 is 11.9 Å². The molecule has 3 aliphatic rings. The van der Waals surface area contributed by atoms with Gasteiger partial charge in [-0.05, 0) is 59.7 Å². The molecule has 0 aliphatic carbocycles. The number of rotatable bonds is 4. The molecule has 2 fully saturated rings. The van der Waals surface area contributed by atoms with E-state index in [0.717, 1.165) is 53.5 Å². The molecule has 174 valence electrons. The molecule has 0 saturated carbocycles. The minimum Gasteiger partial charge on any atom is -0.295 e. The van der Waals surface area contributed by atoms with Crippen molar-refractivity contribution in [2.24, 2.45) is 0 Å². The average Bonchev–Trinajstić information content (AvgIpc) is 3.40. The first kappa shape index (κ1) is 21.3. The smallest absolute Gasteiger partial charge is 0.259 e. The molecule has 2 saturated heterocycles. The molecule has 0 bridgehead atoms. The van der Waals surface area contributed by atoms with Gasteiger partial charge in [0.2, 0.25) is 11.8 Å². The molecule has 1 aromatic heterocycles. The van der Waals surface area contributed by atoms with Crippen molar-refractivity contribution in [1.29, 1.82) is 0 Å². The van der Waals surface area contributed by atoms with E-state index in [1.54, 1.807) is 4.90 Å². The Morgan fingerprint density at radius 2 is 1.88 bits per heavy atom. The van der Waals surface area contributed by atoms with E-state index in [1.807, 2.05) is 45.6 Å². The van der Waals surface area contributed by atoms with Gasteiger partial charge in [-0.1, -0.05) is 18.2 Å². The molecule has 4 heterocycles. The Balaban J connectivity index is 1.31. The Morgan fingerprint density at radius 3 is 2.68 bits per heavy atom. The SMILES string of the molecule is O=C1CCC(N2C(=O)c3cccc4c(Cc5cnn(C6CCN(Cl)CC6)c5)ccc2c34)C(=O)N1. The molecule has 2 aromatic carbocycles. The maximum absolute atomic E-state index is 13.3. The van der Waals surface area contributed by atoms with Crippen molar-refractivity contribution in [2.75, 3.05) is 18.0 Å². The summed E-state index contributed by atoms with van der Waals surface area (Å²) in [4.78, 5) is 39.0. The normalized spacial score (nSPS) is 21.5. The lowest BCUT2D eigenvalue weighted by Crippen LogP contribution is -2.53. The standard InChI is InChI=1S/C25H24ClN5O3/c26-29-10-8-17(9-11-29)30-14-15(13-27-30)12-16-4-5-20-23-18(16)2-1-3-19(23)25(34)31(20)21-6-7-22(32)28-24(21)33/h1-5,13-14,17,21H,6-12H2,(H,28,32,33). The minimum atomic E-state index is -0.677. The molecular formula is C25H24ClN5O3. The number of imide groups is 1. The molecule has 34 heavy (non-hydrogen) atoms. The van der Waals surface area contributed by atoms with Crippen LogP contribution in [0.4, 0.5) is 5.69 Å². The molecule has 0 spiro atoms. The number of carbonyl (C=O) groups excluding carboxylic acids is 3. The van der Waals surface area contributed by atoms with Crippen molar-refractivity contribution < 1.29 is 14.4 Å². The molecule has 3 aromatic rings. The van der Waals surface area contributed by atoms with E-state index in [1.165, 1.54) is 0 Å². The number of amides is 3. The first-order valence-corrected chi connectivity index (χ1v) is 12.0. The monoisotopic (exact) mass is 477 g/mol. The van der Waals surface area contributed by atoms with Gasteiger partial charge >= 0.3 is 0 Å². The van der Waals surface area contributed by atoms with Crippen LogP contribution >= 0.6 is 11.8 Å². The predicted octanol–water partition coefficient (Wildman–Crippen LogP) is 3.18. The molecule has 9 heteroatoms. The number of halogens is 1. The average molecular weight is 478 g/mol. The van der Waals surface area contributed by atoms with Crippen LogP contribution in [0, 0.1) is 0 Å². The lowest BCUT2D eigenvalue weighted by atomic mass is 9.97. The summed E-state index contributed by atoms with van der Waals surface area (Å²) in [7, 11) is 0. The van der Waals surface area contributed by atoms with Gasteiger partial charge in [0, 0.05) is 43.1 Å². The summed E-state index contributed by atoms with van der Waals surface area (Å²) in [6.07, 6.45) is 7.23. The van der Waals surface area contributed by atoms with Gasteiger partial charge < -0.3 is 0 Å². The third kappa shape index (κ3) is 3.49. The quantitative estimate of drug-likeness (QED) is 0.460. The van der Waals surface area contributed by atoms with Gasteiger partial charge in [-0.2, -0.15) is 5.10 Å². The van der Waals surface area contributed by atoms with E-state index in [-0.39, 0.29) is 18.2 Å². The fourth-order valence-electron chi connectivity index (χ4n) is 5.45. The second kappa shape index (κ2) is 8.21. The van der Waals surface area contributed by atoms with E-state index in [4.69, 9.17) is 11.8 Å². The number of hydrogen-bond acceptors (Lipinski definition) is 5. The summed E-state index contributed by atoms with van der Waals surface area (Å²) in [5.74, 6) is -0.896. The van der Waals surface area contributed by atoms with Crippen LogP contribution in [0.2, 0.25) is 0 Å². The first-order chi connectivity index (χ1) is 16.5. The summed E-state index contributed by atoms with van der Waals surface area (Å²) >= 11 is 6.09. The molecule has 3 aliphatic heterocycles. The van der Waals surface area contributed by atoms with E-state index >= 15 is 0 Å². The molecule has 1 unspecified atom stereocenters. The van der Waals surface area contributed by atoms with Crippen molar-refractivity contribution in [3.05, 3.63) is 59.4 Å². The molecular weight excluding hydrogens is 454 g/mol. The molecule has 0 radical (unpaired) electrons. The van der Waals surface area contributed by atoms with Crippen LogP contribution in [-0.4, -0.2) is 51.1 Å². The van der Waals surface area contributed by atoms with Crippen molar-refractivity contribution in [1.82, 2.24) is 19.5 Å². The summed E-state index contributed by atoms with van der Waals surface area (Å²) in [5.41, 5.74) is 3.55. The number of nitrogens with one attached hydrogen (secondary N) is 1. The van der Waals surface area contributed by atoms with Crippen molar-refractivity contribution in [3.8, 4) is 0 Å². The number of benzene rings is 2. The molecule has 6 rings (SSSR count). The lowest BCUT2D eigenvalue weighted by Gasteiger charge is -2.30. The van der Waals surface area contributed by atoms with Crippen LogP contribution in [-0.2, 0) is 16.0 Å². The van der Waals surface area contributed by atoms with Gasteiger partial charge in [-0.15, -0.1) is 0 Å². The van der Waals surface area contributed by atoms with E-state index in [2.05, 4.69) is 16.6 Å². The van der Waals surface area contributed by atoms with E-state index in [9.17, 15) is 14.4 Å². The van der Waals surface area contributed by atoms with Crippen molar-refractivity contribution in [2.45, 2.75) is 44.2 Å². The number of aromatic nitrogens is 2. The van der Waals surface area contributed by atoms with Crippen LogP contribution < -0.4 is 10.2 Å². The zero-order valence-corrected chi connectivity index (χ0v) is 19.3.